The summed E-state index contributed by atoms with van der Waals surface area (Å²) in [5.41, 5.74) is 6.65. The van der Waals surface area contributed by atoms with Crippen LogP contribution in [0.25, 0.3) is 17.0 Å². The van der Waals surface area contributed by atoms with E-state index in [4.69, 9.17) is 9.40 Å². The van der Waals surface area contributed by atoms with E-state index in [-0.39, 0.29) is 0 Å². The zero-order valence-electron chi connectivity index (χ0n) is 16.1. The van der Waals surface area contributed by atoms with Gasteiger partial charge in [0.2, 0.25) is 5.89 Å². The SMILES string of the molecule is C1=C(c2cncc(C3CC3)n2)c2cc(-c3nnc(N4CCNCC4)o3)ccc2C1. The molecule has 1 saturated carbocycles. The molecule has 0 bridgehead atoms. The summed E-state index contributed by atoms with van der Waals surface area (Å²) < 4.78 is 6.00. The average molecular weight is 386 g/mol. The molecule has 1 aromatic carbocycles. The number of piperazine rings is 1. The summed E-state index contributed by atoms with van der Waals surface area (Å²) in [6, 6.07) is 6.97. The van der Waals surface area contributed by atoms with Crippen molar-refractivity contribution in [2.24, 2.45) is 0 Å². The minimum atomic E-state index is 0.561. The van der Waals surface area contributed by atoms with Crippen molar-refractivity contribution in [2.45, 2.75) is 25.2 Å². The van der Waals surface area contributed by atoms with E-state index in [0.29, 0.717) is 17.8 Å². The third-order valence-electron chi connectivity index (χ3n) is 5.90. The lowest BCUT2D eigenvalue weighted by molar-refractivity contribution is 0.505. The lowest BCUT2D eigenvalue weighted by Crippen LogP contribution is -2.43. The first-order valence-corrected chi connectivity index (χ1v) is 10.3. The number of rotatable bonds is 4. The third-order valence-corrected chi connectivity index (χ3v) is 5.90. The van der Waals surface area contributed by atoms with Gasteiger partial charge in [-0.1, -0.05) is 17.2 Å². The third kappa shape index (κ3) is 3.11. The number of hydrogen-bond acceptors (Lipinski definition) is 7. The highest BCUT2D eigenvalue weighted by Gasteiger charge is 2.27. The second-order valence-corrected chi connectivity index (χ2v) is 7.92. The van der Waals surface area contributed by atoms with Crippen LogP contribution in [-0.4, -0.2) is 46.3 Å². The molecule has 1 N–H and O–H groups in total. The van der Waals surface area contributed by atoms with Gasteiger partial charge in [0, 0.05) is 49.4 Å². The number of aromatic nitrogens is 4. The lowest BCUT2D eigenvalue weighted by atomic mass is 10.0. The molecule has 2 aliphatic carbocycles. The Bertz CT molecular complexity index is 1090. The molecule has 0 spiro atoms. The van der Waals surface area contributed by atoms with Crippen molar-refractivity contribution >= 4 is 11.6 Å². The second kappa shape index (κ2) is 6.77. The summed E-state index contributed by atoms with van der Waals surface area (Å²) in [4.78, 5) is 11.5. The van der Waals surface area contributed by atoms with Crippen molar-refractivity contribution in [1.29, 1.82) is 0 Å². The quantitative estimate of drug-likeness (QED) is 0.738. The van der Waals surface area contributed by atoms with Gasteiger partial charge in [0.1, 0.15) is 0 Å². The fraction of sp³-hybridized carbons (Fsp3) is 0.364. The number of nitrogens with one attached hydrogen (secondary N) is 1. The zero-order valence-corrected chi connectivity index (χ0v) is 16.1. The van der Waals surface area contributed by atoms with Crippen LogP contribution in [0.5, 0.6) is 0 Å². The van der Waals surface area contributed by atoms with E-state index in [2.05, 4.69) is 49.7 Å². The molecular weight excluding hydrogens is 364 g/mol. The molecule has 0 unspecified atom stereocenters. The summed E-state index contributed by atoms with van der Waals surface area (Å²) in [6.45, 7) is 3.64. The summed E-state index contributed by atoms with van der Waals surface area (Å²) >= 11 is 0. The van der Waals surface area contributed by atoms with E-state index in [9.17, 15) is 0 Å². The number of anilines is 1. The maximum absolute atomic E-state index is 6.00. The predicted octanol–water partition coefficient (Wildman–Crippen LogP) is 2.80. The van der Waals surface area contributed by atoms with Crippen LogP contribution in [0.2, 0.25) is 0 Å². The number of nitrogens with zero attached hydrogens (tertiary/aromatic N) is 5. The van der Waals surface area contributed by atoms with E-state index >= 15 is 0 Å². The second-order valence-electron chi connectivity index (χ2n) is 7.92. The number of allylic oxidation sites excluding steroid dienone is 1. The molecule has 1 saturated heterocycles. The van der Waals surface area contributed by atoms with Crippen molar-refractivity contribution < 1.29 is 4.42 Å². The van der Waals surface area contributed by atoms with Gasteiger partial charge in [-0.2, -0.15) is 0 Å². The van der Waals surface area contributed by atoms with E-state index in [0.717, 1.165) is 55.1 Å². The Kier molecular flexibility index (Phi) is 3.94. The molecule has 146 valence electrons. The Hall–Kier alpha value is -3.06. The molecule has 0 atom stereocenters. The first-order chi connectivity index (χ1) is 14.3. The number of hydrogen-bond donors (Lipinski definition) is 1. The standard InChI is InChI=1S/C22H22N6O/c1-4-16(21-26-27-22(29-21)28-9-7-23-8-10-28)11-18-14(1)5-6-17(18)20-13-24-12-19(25-20)15-2-3-15/h1,4,6,11-13,15,23H,2-3,5,7-10H2. The Morgan fingerprint density at radius 2 is 1.97 bits per heavy atom. The van der Waals surface area contributed by atoms with Crippen molar-refractivity contribution in [3.63, 3.8) is 0 Å². The van der Waals surface area contributed by atoms with Gasteiger partial charge in [-0.3, -0.25) is 4.98 Å². The van der Waals surface area contributed by atoms with Crippen LogP contribution in [0.3, 0.4) is 0 Å². The Balaban J connectivity index is 1.31. The first kappa shape index (κ1) is 16.9. The molecule has 7 nitrogen and oxygen atoms in total. The Labute approximate surface area is 168 Å². The van der Waals surface area contributed by atoms with Crippen molar-refractivity contribution in [3.8, 4) is 11.5 Å². The Morgan fingerprint density at radius 1 is 1.07 bits per heavy atom. The van der Waals surface area contributed by atoms with Gasteiger partial charge >= 0.3 is 6.01 Å². The summed E-state index contributed by atoms with van der Waals surface area (Å²) in [6.07, 6.45) is 9.39. The number of benzene rings is 1. The molecule has 0 amide bonds. The number of fused-ring (bicyclic) bond motifs is 1. The maximum Gasteiger partial charge on any atom is 0.318 e. The predicted molar refractivity (Wildman–Crippen MR) is 110 cm³/mol. The van der Waals surface area contributed by atoms with Crippen LogP contribution in [-0.2, 0) is 6.42 Å². The van der Waals surface area contributed by atoms with Crippen LogP contribution < -0.4 is 10.2 Å². The molecule has 29 heavy (non-hydrogen) atoms. The molecule has 6 rings (SSSR count). The van der Waals surface area contributed by atoms with Gasteiger partial charge in [-0.05, 0) is 42.5 Å². The van der Waals surface area contributed by atoms with Gasteiger partial charge in [0.25, 0.3) is 0 Å². The minimum Gasteiger partial charge on any atom is -0.403 e. The molecule has 0 radical (unpaired) electrons. The molecule has 2 fully saturated rings. The minimum absolute atomic E-state index is 0.561. The maximum atomic E-state index is 6.00. The van der Waals surface area contributed by atoms with E-state index in [1.165, 1.54) is 24.0 Å². The smallest absolute Gasteiger partial charge is 0.318 e. The van der Waals surface area contributed by atoms with Crippen molar-refractivity contribution in [3.05, 3.63) is 59.2 Å². The monoisotopic (exact) mass is 386 g/mol. The summed E-state index contributed by atoms with van der Waals surface area (Å²) in [5.74, 6) is 1.16. The van der Waals surface area contributed by atoms with Gasteiger partial charge < -0.3 is 14.6 Å². The largest absolute Gasteiger partial charge is 0.403 e. The topological polar surface area (TPSA) is 80.0 Å². The fourth-order valence-electron chi connectivity index (χ4n) is 4.11. The summed E-state index contributed by atoms with van der Waals surface area (Å²) in [5, 5.41) is 11.9. The van der Waals surface area contributed by atoms with Gasteiger partial charge in [0.05, 0.1) is 17.6 Å². The van der Waals surface area contributed by atoms with E-state index in [1.807, 2.05) is 12.4 Å². The van der Waals surface area contributed by atoms with Crippen LogP contribution in [0, 0.1) is 0 Å². The lowest BCUT2D eigenvalue weighted by Gasteiger charge is -2.24. The molecular formula is C22H22N6O. The van der Waals surface area contributed by atoms with Crippen LogP contribution in [0.1, 0.15) is 41.3 Å². The van der Waals surface area contributed by atoms with Crippen molar-refractivity contribution in [2.75, 3.05) is 31.1 Å². The highest BCUT2D eigenvalue weighted by atomic mass is 16.4. The molecule has 3 heterocycles. The van der Waals surface area contributed by atoms with Crippen molar-refractivity contribution in [1.82, 2.24) is 25.5 Å². The Morgan fingerprint density at radius 3 is 2.83 bits per heavy atom. The first-order valence-electron chi connectivity index (χ1n) is 10.3. The average Bonchev–Trinajstić information content (AvgIpc) is 3.36. The molecule has 7 heteroatoms. The molecule has 3 aromatic rings. The van der Waals surface area contributed by atoms with Crippen LogP contribution >= 0.6 is 0 Å². The zero-order chi connectivity index (χ0) is 19.2. The molecule has 3 aliphatic rings. The van der Waals surface area contributed by atoms with Gasteiger partial charge in [0.15, 0.2) is 0 Å². The molecule has 2 aromatic heterocycles. The van der Waals surface area contributed by atoms with E-state index in [1.54, 1.807) is 0 Å². The van der Waals surface area contributed by atoms with Gasteiger partial charge in [-0.25, -0.2) is 4.98 Å². The highest BCUT2D eigenvalue weighted by Crippen LogP contribution is 2.40. The molecule has 1 aliphatic heterocycles. The van der Waals surface area contributed by atoms with Crippen LogP contribution in [0.4, 0.5) is 6.01 Å². The summed E-state index contributed by atoms with van der Waals surface area (Å²) in [7, 11) is 0. The highest BCUT2D eigenvalue weighted by molar-refractivity contribution is 5.84. The van der Waals surface area contributed by atoms with Crippen LogP contribution in [0.15, 0.2) is 41.1 Å². The fourth-order valence-corrected chi connectivity index (χ4v) is 4.11. The normalized spacial score (nSPS) is 18.6. The van der Waals surface area contributed by atoms with Gasteiger partial charge in [-0.15, -0.1) is 5.10 Å². The van der Waals surface area contributed by atoms with E-state index < -0.39 is 0 Å².